The number of rotatable bonds is 2. The van der Waals surface area contributed by atoms with Gasteiger partial charge in [0, 0.05) is 17.1 Å². The average Bonchev–Trinajstić information content (AvgIpc) is 2.38. The Labute approximate surface area is 128 Å². The van der Waals surface area contributed by atoms with Crippen molar-refractivity contribution in [3.05, 3.63) is 28.8 Å². The molecule has 2 rings (SSSR count). The fourth-order valence-corrected chi connectivity index (χ4v) is 2.98. The molecule has 2 atom stereocenters. The normalized spacial score (nSPS) is 22.0. The van der Waals surface area contributed by atoms with E-state index in [2.05, 4.69) is 5.32 Å². The number of likely N-dealkylation sites (tertiary alicyclic amines) is 1. The number of benzene rings is 1. The zero-order valence-corrected chi connectivity index (χ0v) is 12.9. The second-order valence-electron chi connectivity index (χ2n) is 5.46. The molecule has 0 aromatic heterocycles. The summed E-state index contributed by atoms with van der Waals surface area (Å²) >= 11 is 5.89. The second-order valence-corrected chi connectivity index (χ2v) is 5.90. The van der Waals surface area contributed by atoms with E-state index >= 15 is 0 Å². The molecule has 1 fully saturated rings. The second kappa shape index (κ2) is 6.35. The molecule has 21 heavy (non-hydrogen) atoms. The smallest absolute Gasteiger partial charge is 0.337 e. The average molecular weight is 311 g/mol. The molecule has 5 nitrogen and oxygen atoms in total. The number of carbonyl (C=O) groups is 2. The highest BCUT2D eigenvalue weighted by Gasteiger charge is 2.29. The van der Waals surface area contributed by atoms with E-state index in [9.17, 15) is 14.7 Å². The van der Waals surface area contributed by atoms with Gasteiger partial charge in [-0.2, -0.15) is 0 Å². The van der Waals surface area contributed by atoms with E-state index in [1.165, 1.54) is 18.2 Å². The van der Waals surface area contributed by atoms with Crippen LogP contribution in [0.15, 0.2) is 18.2 Å². The van der Waals surface area contributed by atoms with Gasteiger partial charge in [-0.05, 0) is 51.3 Å². The number of amides is 2. The number of aromatic carboxylic acids is 1. The molecule has 2 N–H and O–H groups in total. The maximum atomic E-state index is 12.5. The quantitative estimate of drug-likeness (QED) is 0.872. The molecule has 1 aliphatic rings. The molecule has 1 aromatic carbocycles. The molecule has 0 spiro atoms. The summed E-state index contributed by atoms with van der Waals surface area (Å²) in [6.07, 6.45) is 3.02. The Morgan fingerprint density at radius 2 is 1.90 bits per heavy atom. The summed E-state index contributed by atoms with van der Waals surface area (Å²) in [5, 5.41) is 12.2. The summed E-state index contributed by atoms with van der Waals surface area (Å²) in [5.74, 6) is -1.10. The van der Waals surface area contributed by atoms with Crippen LogP contribution in [0.4, 0.5) is 10.5 Å². The minimum Gasteiger partial charge on any atom is -0.478 e. The lowest BCUT2D eigenvalue weighted by Crippen LogP contribution is -2.49. The topological polar surface area (TPSA) is 69.6 Å². The molecule has 1 aliphatic heterocycles. The van der Waals surface area contributed by atoms with Gasteiger partial charge in [-0.1, -0.05) is 11.6 Å². The van der Waals surface area contributed by atoms with Crippen LogP contribution in [0.3, 0.4) is 0 Å². The molecule has 1 saturated heterocycles. The van der Waals surface area contributed by atoms with Gasteiger partial charge in [-0.25, -0.2) is 9.59 Å². The van der Waals surface area contributed by atoms with E-state index in [0.29, 0.717) is 5.02 Å². The van der Waals surface area contributed by atoms with Crippen molar-refractivity contribution in [2.45, 2.75) is 45.2 Å². The van der Waals surface area contributed by atoms with Crippen molar-refractivity contribution in [3.63, 3.8) is 0 Å². The van der Waals surface area contributed by atoms with E-state index in [-0.39, 0.29) is 29.4 Å². The van der Waals surface area contributed by atoms with Crippen LogP contribution >= 0.6 is 11.6 Å². The molecular formula is C15H19ClN2O3. The highest BCUT2D eigenvalue weighted by Crippen LogP contribution is 2.26. The summed E-state index contributed by atoms with van der Waals surface area (Å²) < 4.78 is 0. The molecule has 2 amide bonds. The van der Waals surface area contributed by atoms with Gasteiger partial charge in [-0.3, -0.25) is 0 Å². The fraction of sp³-hybridized carbons (Fsp3) is 0.467. The predicted molar refractivity (Wildman–Crippen MR) is 82.0 cm³/mol. The largest absolute Gasteiger partial charge is 0.478 e. The molecular weight excluding hydrogens is 292 g/mol. The Morgan fingerprint density at radius 3 is 2.48 bits per heavy atom. The maximum Gasteiger partial charge on any atom is 0.337 e. The third kappa shape index (κ3) is 3.47. The number of carbonyl (C=O) groups excluding carboxylic acids is 1. The molecule has 0 unspecified atom stereocenters. The number of hydrogen-bond donors (Lipinski definition) is 2. The third-order valence-electron chi connectivity index (χ3n) is 3.88. The number of halogens is 1. The Bertz CT molecular complexity index is 552. The van der Waals surface area contributed by atoms with Gasteiger partial charge < -0.3 is 15.3 Å². The first-order valence-corrected chi connectivity index (χ1v) is 7.40. The van der Waals surface area contributed by atoms with Crippen molar-refractivity contribution in [1.29, 1.82) is 0 Å². The number of nitrogens with one attached hydrogen (secondary N) is 1. The summed E-state index contributed by atoms with van der Waals surface area (Å²) in [5.41, 5.74) is 0.259. The lowest BCUT2D eigenvalue weighted by molar-refractivity contribution is 0.0698. The van der Waals surface area contributed by atoms with E-state index in [0.717, 1.165) is 19.3 Å². The molecule has 6 heteroatoms. The molecule has 0 aliphatic carbocycles. The number of carboxylic acid groups (broad SMARTS) is 1. The monoisotopic (exact) mass is 310 g/mol. The van der Waals surface area contributed by atoms with Crippen LogP contribution in [0, 0.1) is 0 Å². The van der Waals surface area contributed by atoms with Crippen molar-refractivity contribution >= 4 is 29.3 Å². The Kier molecular flexibility index (Phi) is 4.73. The number of anilines is 1. The van der Waals surface area contributed by atoms with Crippen LogP contribution in [-0.2, 0) is 0 Å². The Balaban J connectivity index is 2.23. The molecule has 0 saturated carbocycles. The highest BCUT2D eigenvalue weighted by atomic mass is 35.5. The van der Waals surface area contributed by atoms with Crippen LogP contribution in [0.5, 0.6) is 0 Å². The fourth-order valence-electron chi connectivity index (χ4n) is 2.81. The van der Waals surface area contributed by atoms with Crippen LogP contribution < -0.4 is 5.32 Å². The van der Waals surface area contributed by atoms with Crippen LogP contribution in [0.25, 0.3) is 0 Å². The van der Waals surface area contributed by atoms with Gasteiger partial charge in [0.05, 0.1) is 11.3 Å². The van der Waals surface area contributed by atoms with Crippen molar-refractivity contribution < 1.29 is 14.7 Å². The zero-order valence-electron chi connectivity index (χ0n) is 12.1. The van der Waals surface area contributed by atoms with Gasteiger partial charge in [0.2, 0.25) is 0 Å². The van der Waals surface area contributed by atoms with Gasteiger partial charge >= 0.3 is 12.0 Å². The van der Waals surface area contributed by atoms with Crippen LogP contribution in [-0.4, -0.2) is 34.1 Å². The van der Waals surface area contributed by atoms with Gasteiger partial charge in [-0.15, -0.1) is 0 Å². The number of piperidine rings is 1. The lowest BCUT2D eigenvalue weighted by Gasteiger charge is -2.39. The molecule has 1 aromatic rings. The van der Waals surface area contributed by atoms with Crippen LogP contribution in [0.2, 0.25) is 5.02 Å². The highest BCUT2D eigenvalue weighted by molar-refractivity contribution is 6.31. The molecule has 0 radical (unpaired) electrons. The minimum absolute atomic E-state index is 0.0325. The van der Waals surface area contributed by atoms with Crippen molar-refractivity contribution in [1.82, 2.24) is 4.90 Å². The van der Waals surface area contributed by atoms with Crippen molar-refractivity contribution in [3.8, 4) is 0 Å². The molecule has 0 bridgehead atoms. The van der Waals surface area contributed by atoms with Crippen LogP contribution in [0.1, 0.15) is 43.5 Å². The van der Waals surface area contributed by atoms with E-state index in [1.54, 1.807) is 4.90 Å². The van der Waals surface area contributed by atoms with E-state index in [1.807, 2.05) is 13.8 Å². The van der Waals surface area contributed by atoms with Crippen molar-refractivity contribution in [2.24, 2.45) is 0 Å². The van der Waals surface area contributed by atoms with Gasteiger partial charge in [0.15, 0.2) is 0 Å². The lowest BCUT2D eigenvalue weighted by atomic mass is 9.98. The summed E-state index contributed by atoms with van der Waals surface area (Å²) in [6.45, 7) is 4.01. The molecule has 1 heterocycles. The number of carboxylic acids is 1. The summed E-state index contributed by atoms with van der Waals surface area (Å²) in [7, 11) is 0. The third-order valence-corrected chi connectivity index (χ3v) is 4.12. The maximum absolute atomic E-state index is 12.5. The summed E-state index contributed by atoms with van der Waals surface area (Å²) in [4.78, 5) is 25.4. The standard InChI is InChI=1S/C15H19ClN2O3/c1-9-4-3-5-10(2)18(9)15(21)17-13-8-11(16)6-7-12(13)14(19)20/h6-10H,3-5H2,1-2H3,(H,17,21)(H,19,20)/t9-,10+. The van der Waals surface area contributed by atoms with E-state index in [4.69, 9.17) is 11.6 Å². The molecule has 114 valence electrons. The minimum atomic E-state index is -1.10. The van der Waals surface area contributed by atoms with Crippen molar-refractivity contribution in [2.75, 3.05) is 5.32 Å². The SMILES string of the molecule is C[C@@H]1CCC[C@H](C)N1C(=O)Nc1cc(Cl)ccc1C(=O)O. The van der Waals surface area contributed by atoms with Gasteiger partial charge in [0.25, 0.3) is 0 Å². The Hall–Kier alpha value is -1.75. The summed E-state index contributed by atoms with van der Waals surface area (Å²) in [6, 6.07) is 4.35. The first-order valence-electron chi connectivity index (χ1n) is 7.02. The van der Waals surface area contributed by atoms with E-state index < -0.39 is 5.97 Å². The number of hydrogen-bond acceptors (Lipinski definition) is 2. The first kappa shape index (κ1) is 15.6. The first-order chi connectivity index (χ1) is 9.90. The number of urea groups is 1. The zero-order chi connectivity index (χ0) is 15.6. The predicted octanol–water partition coefficient (Wildman–Crippen LogP) is 3.83. The Morgan fingerprint density at radius 1 is 1.29 bits per heavy atom. The number of nitrogens with zero attached hydrogens (tertiary/aromatic N) is 1. The van der Waals surface area contributed by atoms with Gasteiger partial charge in [0.1, 0.15) is 0 Å².